The number of aryl methyl sites for hydroxylation is 1. The number of rotatable bonds is 3. The number of benzene rings is 2. The van der Waals surface area contributed by atoms with Gasteiger partial charge in [-0.2, -0.15) is 9.97 Å². The lowest BCUT2D eigenvalue weighted by molar-refractivity contribution is 0.122. The van der Waals surface area contributed by atoms with Crippen LogP contribution in [0, 0.1) is 6.92 Å². The van der Waals surface area contributed by atoms with Gasteiger partial charge < -0.3 is 24.4 Å². The van der Waals surface area contributed by atoms with Crippen LogP contribution < -0.4 is 14.7 Å². The van der Waals surface area contributed by atoms with Gasteiger partial charge in [-0.3, -0.25) is 0 Å². The Morgan fingerprint density at radius 2 is 1.53 bits per heavy atom. The molecule has 4 heterocycles. The molecule has 7 nitrogen and oxygen atoms in total. The quantitative estimate of drug-likeness (QED) is 0.538. The van der Waals surface area contributed by atoms with Gasteiger partial charge in [0.25, 0.3) is 0 Å². The second kappa shape index (κ2) is 7.98. The fourth-order valence-corrected chi connectivity index (χ4v) is 4.81. The molecule has 0 spiro atoms. The van der Waals surface area contributed by atoms with Crippen molar-refractivity contribution in [3.05, 3.63) is 54.2 Å². The molecule has 6 rings (SSSR count). The summed E-state index contributed by atoms with van der Waals surface area (Å²) in [6.45, 7) is 9.02. The summed E-state index contributed by atoms with van der Waals surface area (Å²) in [5, 5.41) is 3.69. The monoisotopic (exact) mass is 428 g/mol. The highest BCUT2D eigenvalue weighted by molar-refractivity contribution is 5.90. The van der Waals surface area contributed by atoms with Gasteiger partial charge >= 0.3 is 0 Å². The third-order valence-electron chi connectivity index (χ3n) is 6.56. The second-order valence-electron chi connectivity index (χ2n) is 8.67. The van der Waals surface area contributed by atoms with Gasteiger partial charge in [-0.05, 0) is 35.9 Å². The zero-order valence-electron chi connectivity index (χ0n) is 18.4. The molecular formula is C25H28N6O. The summed E-state index contributed by atoms with van der Waals surface area (Å²) >= 11 is 0. The van der Waals surface area contributed by atoms with Crippen molar-refractivity contribution in [3.8, 4) is 0 Å². The van der Waals surface area contributed by atoms with Crippen LogP contribution in [0.2, 0.25) is 0 Å². The van der Waals surface area contributed by atoms with Crippen LogP contribution in [0.15, 0.2) is 48.5 Å². The number of aromatic nitrogens is 3. The first-order chi connectivity index (χ1) is 15.7. The molecule has 0 bridgehead atoms. The topological polar surface area (TPSA) is 60.5 Å². The van der Waals surface area contributed by atoms with Gasteiger partial charge in [0.15, 0.2) is 0 Å². The van der Waals surface area contributed by atoms with Crippen LogP contribution in [0.25, 0.3) is 21.8 Å². The van der Waals surface area contributed by atoms with Crippen molar-refractivity contribution in [3.63, 3.8) is 0 Å². The zero-order valence-corrected chi connectivity index (χ0v) is 18.4. The number of nitrogens with one attached hydrogen (secondary N) is 1. The molecule has 0 atom stereocenters. The van der Waals surface area contributed by atoms with E-state index < -0.39 is 0 Å². The van der Waals surface area contributed by atoms with Crippen molar-refractivity contribution in [2.24, 2.45) is 0 Å². The van der Waals surface area contributed by atoms with E-state index in [1.165, 1.54) is 16.5 Å². The van der Waals surface area contributed by atoms with Crippen molar-refractivity contribution in [1.29, 1.82) is 0 Å². The Kier molecular flexibility index (Phi) is 4.83. The van der Waals surface area contributed by atoms with E-state index in [4.69, 9.17) is 14.7 Å². The van der Waals surface area contributed by atoms with Crippen molar-refractivity contribution >= 4 is 39.3 Å². The van der Waals surface area contributed by atoms with Gasteiger partial charge in [-0.25, -0.2) is 0 Å². The van der Waals surface area contributed by atoms with Crippen LogP contribution >= 0.6 is 0 Å². The minimum atomic E-state index is 0.727. The number of anilines is 3. The highest BCUT2D eigenvalue weighted by Gasteiger charge is 2.24. The molecule has 0 unspecified atom stereocenters. The third kappa shape index (κ3) is 3.52. The van der Waals surface area contributed by atoms with Crippen LogP contribution in [-0.2, 0) is 4.74 Å². The lowest BCUT2D eigenvalue weighted by atomic mass is 10.1. The SMILES string of the molecule is Cc1cc2c(N3CCN(c4ccc5ccccc5c4)CC3)nc(N3CCOCC3)nc2[nH]1. The average molecular weight is 429 g/mol. The summed E-state index contributed by atoms with van der Waals surface area (Å²) in [7, 11) is 0. The van der Waals surface area contributed by atoms with Crippen molar-refractivity contribution < 1.29 is 4.74 Å². The van der Waals surface area contributed by atoms with E-state index in [0.29, 0.717) is 0 Å². The number of hydrogen-bond acceptors (Lipinski definition) is 6. The van der Waals surface area contributed by atoms with Gasteiger partial charge in [0.1, 0.15) is 11.5 Å². The van der Waals surface area contributed by atoms with Gasteiger partial charge in [0.05, 0.1) is 18.6 Å². The molecule has 1 N–H and O–H groups in total. The molecule has 0 amide bonds. The van der Waals surface area contributed by atoms with Crippen LogP contribution in [0.3, 0.4) is 0 Å². The highest BCUT2D eigenvalue weighted by Crippen LogP contribution is 2.30. The summed E-state index contributed by atoms with van der Waals surface area (Å²) < 4.78 is 5.52. The Hall–Kier alpha value is -3.32. The number of nitrogens with zero attached hydrogens (tertiary/aromatic N) is 5. The molecule has 164 valence electrons. The minimum absolute atomic E-state index is 0.727. The summed E-state index contributed by atoms with van der Waals surface area (Å²) in [5.41, 5.74) is 3.33. The molecule has 2 aromatic carbocycles. The van der Waals surface area contributed by atoms with E-state index in [1.54, 1.807) is 0 Å². The Labute approximate surface area is 187 Å². The number of fused-ring (bicyclic) bond motifs is 2. The highest BCUT2D eigenvalue weighted by atomic mass is 16.5. The standard InChI is InChI=1S/C25H28N6O/c1-18-16-22-23(26-18)27-25(31-12-14-32-15-13-31)28-24(22)30-10-8-29(9-11-30)21-7-6-19-4-2-3-5-20(19)17-21/h2-7,16-17H,8-15H2,1H3,(H,26,27,28). The summed E-state index contributed by atoms with van der Waals surface area (Å²) in [4.78, 5) is 20.4. The maximum atomic E-state index is 5.52. The average Bonchev–Trinajstić information content (AvgIpc) is 3.24. The van der Waals surface area contributed by atoms with E-state index in [2.05, 4.69) is 75.1 Å². The van der Waals surface area contributed by atoms with Crippen molar-refractivity contribution in [2.45, 2.75) is 6.92 Å². The fourth-order valence-electron chi connectivity index (χ4n) is 4.81. The number of H-pyrrole nitrogens is 1. The third-order valence-corrected chi connectivity index (χ3v) is 6.56. The molecule has 4 aromatic rings. The lowest BCUT2D eigenvalue weighted by Crippen LogP contribution is -2.47. The summed E-state index contributed by atoms with van der Waals surface area (Å²) in [5.74, 6) is 1.84. The zero-order chi connectivity index (χ0) is 21.5. The maximum Gasteiger partial charge on any atom is 0.229 e. The van der Waals surface area contributed by atoms with Crippen LogP contribution in [-0.4, -0.2) is 67.4 Å². The van der Waals surface area contributed by atoms with Crippen molar-refractivity contribution in [2.75, 3.05) is 67.2 Å². The lowest BCUT2D eigenvalue weighted by Gasteiger charge is -2.37. The molecule has 0 saturated carbocycles. The first-order valence-corrected chi connectivity index (χ1v) is 11.4. The van der Waals surface area contributed by atoms with E-state index in [0.717, 1.165) is 81.0 Å². The normalized spacial score (nSPS) is 17.5. The van der Waals surface area contributed by atoms with Gasteiger partial charge in [-0.1, -0.05) is 30.3 Å². The summed E-state index contributed by atoms with van der Waals surface area (Å²) in [6, 6.07) is 17.5. The first kappa shape index (κ1) is 19.4. The van der Waals surface area contributed by atoms with Crippen LogP contribution in [0.5, 0.6) is 0 Å². The molecular weight excluding hydrogens is 400 g/mol. The van der Waals surface area contributed by atoms with E-state index in [1.807, 2.05) is 0 Å². The van der Waals surface area contributed by atoms with Gasteiger partial charge in [-0.15, -0.1) is 0 Å². The number of piperazine rings is 1. The number of ether oxygens (including phenoxy) is 1. The second-order valence-corrected chi connectivity index (χ2v) is 8.67. The number of aromatic amines is 1. The predicted molar refractivity (Wildman–Crippen MR) is 130 cm³/mol. The molecule has 0 radical (unpaired) electrons. The minimum Gasteiger partial charge on any atom is -0.378 e. The van der Waals surface area contributed by atoms with Crippen LogP contribution in [0.4, 0.5) is 17.5 Å². The number of morpholine rings is 1. The Morgan fingerprint density at radius 1 is 0.781 bits per heavy atom. The molecule has 2 aromatic heterocycles. The Morgan fingerprint density at radius 3 is 2.34 bits per heavy atom. The van der Waals surface area contributed by atoms with Crippen LogP contribution in [0.1, 0.15) is 5.69 Å². The molecule has 2 aliphatic rings. The maximum absolute atomic E-state index is 5.52. The Bertz CT molecular complexity index is 1250. The number of hydrogen-bond donors (Lipinski definition) is 1. The first-order valence-electron chi connectivity index (χ1n) is 11.4. The molecule has 0 aliphatic carbocycles. The largest absolute Gasteiger partial charge is 0.378 e. The van der Waals surface area contributed by atoms with Crippen molar-refractivity contribution in [1.82, 2.24) is 15.0 Å². The van der Waals surface area contributed by atoms with E-state index in [9.17, 15) is 0 Å². The van der Waals surface area contributed by atoms with E-state index in [-0.39, 0.29) is 0 Å². The smallest absolute Gasteiger partial charge is 0.229 e. The van der Waals surface area contributed by atoms with E-state index >= 15 is 0 Å². The molecule has 2 aliphatic heterocycles. The molecule has 32 heavy (non-hydrogen) atoms. The fraction of sp³-hybridized carbons (Fsp3) is 0.360. The molecule has 2 saturated heterocycles. The predicted octanol–water partition coefficient (Wildman–Crippen LogP) is 3.58. The van der Waals surface area contributed by atoms with Gasteiger partial charge in [0, 0.05) is 50.6 Å². The Balaban J connectivity index is 1.27. The van der Waals surface area contributed by atoms with Gasteiger partial charge in [0.2, 0.25) is 5.95 Å². The molecule has 2 fully saturated rings. The summed E-state index contributed by atoms with van der Waals surface area (Å²) in [6.07, 6.45) is 0. The molecule has 7 heteroatoms.